The van der Waals surface area contributed by atoms with Gasteiger partial charge in [0.05, 0.1) is 19.8 Å². The molecule has 0 aliphatic rings. The molecular formula is C14H28N4O11P+. The standard InChI is InChI=1S/C14H27N4O11P/c15-12(2-1-3-18-14(16)17)13(22)26-4-10(21)5-28-30(23,24)29-7-11(27-9-20)6-25-8-19/h8-12,21H,1-7,15H2,(H,23,24)(H4,16,17,18)/p+1/t10-,11+,12-/m0/s1. The number of hydrogen-bond acceptors (Lipinski definition) is 11. The van der Waals surface area contributed by atoms with Crippen LogP contribution in [0.25, 0.3) is 0 Å². The second-order valence-corrected chi connectivity index (χ2v) is 7.24. The molecule has 16 heteroatoms. The smallest absolute Gasteiger partial charge is 0.364 e. The van der Waals surface area contributed by atoms with E-state index in [4.69, 9.17) is 16.2 Å². The number of nitrogens with one attached hydrogen (secondary N) is 1. The van der Waals surface area contributed by atoms with E-state index in [9.17, 15) is 28.9 Å². The van der Waals surface area contributed by atoms with Gasteiger partial charge in [-0.2, -0.15) is 0 Å². The predicted molar refractivity (Wildman–Crippen MR) is 94.6 cm³/mol. The summed E-state index contributed by atoms with van der Waals surface area (Å²) in [5, 5.41) is 9.69. The summed E-state index contributed by atoms with van der Waals surface area (Å²) >= 11 is 0. The molecule has 0 amide bonds. The second-order valence-electron chi connectivity index (χ2n) is 5.83. The van der Waals surface area contributed by atoms with Crippen LogP contribution < -0.4 is 27.1 Å². The fourth-order valence-electron chi connectivity index (χ4n) is 1.78. The number of guanidine groups is 1. The number of phosphoric ester groups is 1. The quantitative estimate of drug-likeness (QED) is 0.0243. The maximum Gasteiger partial charge on any atom is 0.364 e. The number of ether oxygens (including phenoxy) is 3. The van der Waals surface area contributed by atoms with Crippen LogP contribution in [0.3, 0.4) is 0 Å². The Hall–Kier alpha value is -2.29. The van der Waals surface area contributed by atoms with Crippen molar-refractivity contribution in [1.29, 1.82) is 0 Å². The molecule has 0 bridgehead atoms. The predicted octanol–water partition coefficient (Wildman–Crippen LogP) is -6.15. The second kappa shape index (κ2) is 15.5. The van der Waals surface area contributed by atoms with Crippen molar-refractivity contribution in [1.82, 2.24) is 0 Å². The maximum atomic E-state index is 11.8. The SMILES string of the molecule is NC(N)=[NH+]CCC[C@H]([NH3+])C(=O)OC[C@H](O)COP(=O)([O-])OC[C@@H](COC=O)OC=O. The highest BCUT2D eigenvalue weighted by Gasteiger charge is 2.22. The van der Waals surface area contributed by atoms with Crippen LogP contribution in [-0.4, -0.2) is 81.2 Å². The van der Waals surface area contributed by atoms with Crippen LogP contribution in [0, 0.1) is 0 Å². The third-order valence-corrected chi connectivity index (χ3v) is 4.18. The Kier molecular flexibility index (Phi) is 14.4. The Morgan fingerprint density at radius 2 is 1.83 bits per heavy atom. The Balaban J connectivity index is 4.19. The molecule has 0 aromatic heterocycles. The first-order chi connectivity index (χ1) is 14.1. The third-order valence-electron chi connectivity index (χ3n) is 3.25. The molecular weight excluding hydrogens is 431 g/mol. The number of phosphoric acid groups is 1. The van der Waals surface area contributed by atoms with E-state index in [1.54, 1.807) is 0 Å². The van der Waals surface area contributed by atoms with Gasteiger partial charge in [-0.1, -0.05) is 0 Å². The Bertz CT molecular complexity index is 602. The Labute approximate surface area is 172 Å². The van der Waals surface area contributed by atoms with Crippen molar-refractivity contribution in [3.05, 3.63) is 0 Å². The van der Waals surface area contributed by atoms with E-state index >= 15 is 0 Å². The molecule has 0 aromatic carbocycles. The number of aliphatic hydroxyl groups is 1. The van der Waals surface area contributed by atoms with Gasteiger partial charge in [0.15, 0.2) is 12.1 Å². The molecule has 1 unspecified atom stereocenters. The van der Waals surface area contributed by atoms with E-state index in [-0.39, 0.29) is 18.9 Å². The van der Waals surface area contributed by atoms with Crippen LogP contribution in [0.15, 0.2) is 0 Å². The first kappa shape index (κ1) is 27.7. The monoisotopic (exact) mass is 459 g/mol. The fourth-order valence-corrected chi connectivity index (χ4v) is 2.56. The zero-order chi connectivity index (χ0) is 23.0. The van der Waals surface area contributed by atoms with Gasteiger partial charge < -0.3 is 39.0 Å². The summed E-state index contributed by atoms with van der Waals surface area (Å²) in [7, 11) is -4.88. The lowest BCUT2D eigenvalue weighted by atomic mass is 10.2. The van der Waals surface area contributed by atoms with Crippen LogP contribution in [0.2, 0.25) is 0 Å². The number of esters is 1. The van der Waals surface area contributed by atoms with Gasteiger partial charge in [-0.3, -0.25) is 30.6 Å². The molecule has 0 aromatic rings. The summed E-state index contributed by atoms with van der Waals surface area (Å²) in [5.74, 6) is -0.633. The summed E-state index contributed by atoms with van der Waals surface area (Å²) < 4.78 is 34.2. The van der Waals surface area contributed by atoms with Gasteiger partial charge in [-0.05, 0) is 6.42 Å². The van der Waals surface area contributed by atoms with Gasteiger partial charge >= 0.3 is 11.9 Å². The normalized spacial score (nSPS) is 15.7. The molecule has 0 spiro atoms. The van der Waals surface area contributed by atoms with E-state index in [1.165, 1.54) is 0 Å². The summed E-state index contributed by atoms with van der Waals surface area (Å²) in [6.45, 7) is -1.85. The number of nitrogens with two attached hydrogens (primary N) is 2. The van der Waals surface area contributed by atoms with Crippen molar-refractivity contribution in [3.63, 3.8) is 0 Å². The molecule has 0 aliphatic carbocycles. The lowest BCUT2D eigenvalue weighted by Crippen LogP contribution is -2.78. The molecule has 0 heterocycles. The number of aliphatic hydroxyl groups excluding tert-OH is 1. The minimum absolute atomic E-state index is 0.0232. The van der Waals surface area contributed by atoms with Crippen molar-refractivity contribution in [2.75, 3.05) is 33.0 Å². The van der Waals surface area contributed by atoms with Crippen molar-refractivity contribution in [2.45, 2.75) is 31.1 Å². The average Bonchev–Trinajstić information content (AvgIpc) is 2.69. The molecule has 30 heavy (non-hydrogen) atoms. The number of rotatable bonds is 18. The third kappa shape index (κ3) is 14.7. The molecule has 15 nitrogen and oxygen atoms in total. The van der Waals surface area contributed by atoms with Crippen LogP contribution in [0.1, 0.15) is 12.8 Å². The van der Waals surface area contributed by atoms with Crippen molar-refractivity contribution >= 4 is 32.7 Å². The van der Waals surface area contributed by atoms with Crippen molar-refractivity contribution < 1.29 is 62.9 Å². The average molecular weight is 459 g/mol. The van der Waals surface area contributed by atoms with Gasteiger partial charge in [0.25, 0.3) is 20.8 Å². The van der Waals surface area contributed by atoms with Gasteiger partial charge in [-0.25, -0.2) is 4.79 Å². The molecule has 0 saturated carbocycles. The van der Waals surface area contributed by atoms with Crippen molar-refractivity contribution in [2.24, 2.45) is 11.5 Å². The minimum Gasteiger partial charge on any atom is -0.756 e. The number of carbonyl (C=O) groups excluding carboxylic acids is 3. The summed E-state index contributed by atoms with van der Waals surface area (Å²) in [4.78, 5) is 46.5. The number of hydrogen-bond donors (Lipinski definition) is 5. The fraction of sp³-hybridized carbons (Fsp3) is 0.714. The Morgan fingerprint density at radius 1 is 1.17 bits per heavy atom. The van der Waals surface area contributed by atoms with Gasteiger partial charge in [0.2, 0.25) is 0 Å². The zero-order valence-electron chi connectivity index (χ0n) is 16.2. The van der Waals surface area contributed by atoms with Crippen LogP contribution in [0.5, 0.6) is 0 Å². The van der Waals surface area contributed by atoms with E-state index in [1.807, 2.05) is 0 Å². The van der Waals surface area contributed by atoms with E-state index in [2.05, 4.69) is 29.2 Å². The summed E-state index contributed by atoms with van der Waals surface area (Å²) in [6.07, 6.45) is -1.72. The molecule has 4 atom stereocenters. The van der Waals surface area contributed by atoms with E-state index < -0.39 is 58.5 Å². The van der Waals surface area contributed by atoms with Crippen LogP contribution in [0.4, 0.5) is 0 Å². The summed E-state index contributed by atoms with van der Waals surface area (Å²) in [6, 6.07) is -0.712. The largest absolute Gasteiger partial charge is 0.756 e. The number of quaternary nitrogens is 1. The van der Waals surface area contributed by atoms with E-state index in [0.29, 0.717) is 19.4 Å². The van der Waals surface area contributed by atoms with Crippen LogP contribution in [-0.2, 0) is 42.2 Å². The first-order valence-corrected chi connectivity index (χ1v) is 10.1. The lowest BCUT2D eigenvalue weighted by Gasteiger charge is -2.25. The topological polar surface area (TPSA) is 251 Å². The molecule has 9 N–H and O–H groups in total. The van der Waals surface area contributed by atoms with Gasteiger partial charge in [-0.15, -0.1) is 0 Å². The maximum absolute atomic E-state index is 11.8. The highest BCUT2D eigenvalue weighted by Crippen LogP contribution is 2.38. The first-order valence-electron chi connectivity index (χ1n) is 8.65. The molecule has 0 fully saturated rings. The van der Waals surface area contributed by atoms with Crippen molar-refractivity contribution in [3.8, 4) is 0 Å². The van der Waals surface area contributed by atoms with Gasteiger partial charge in [0, 0.05) is 6.42 Å². The highest BCUT2D eigenvalue weighted by molar-refractivity contribution is 7.45. The number of carbonyl (C=O) groups is 3. The molecule has 174 valence electrons. The zero-order valence-corrected chi connectivity index (χ0v) is 17.1. The highest BCUT2D eigenvalue weighted by atomic mass is 31.2. The molecule has 0 rings (SSSR count). The van der Waals surface area contributed by atoms with E-state index in [0.717, 1.165) is 0 Å². The molecule has 0 saturated heterocycles. The summed E-state index contributed by atoms with van der Waals surface area (Å²) in [5.41, 5.74) is 14.1. The Morgan fingerprint density at radius 3 is 2.43 bits per heavy atom. The minimum atomic E-state index is -4.88. The van der Waals surface area contributed by atoms with Crippen LogP contribution >= 0.6 is 7.82 Å². The lowest BCUT2D eigenvalue weighted by molar-refractivity contribution is -0.463. The van der Waals surface area contributed by atoms with Gasteiger partial charge in [0.1, 0.15) is 19.3 Å². The molecule has 0 aliphatic heterocycles. The molecule has 0 radical (unpaired) electrons.